The van der Waals surface area contributed by atoms with E-state index in [1.54, 1.807) is 19.0 Å². The van der Waals surface area contributed by atoms with Gasteiger partial charge in [-0.25, -0.2) is 0 Å². The molecule has 1 fully saturated rings. The third-order valence-electron chi connectivity index (χ3n) is 2.59. The van der Waals surface area contributed by atoms with E-state index < -0.39 is 0 Å². The highest BCUT2D eigenvalue weighted by atomic mass is 16.2. The van der Waals surface area contributed by atoms with Crippen molar-refractivity contribution in [1.82, 2.24) is 9.80 Å². The number of rotatable bonds is 3. The highest BCUT2D eigenvalue weighted by molar-refractivity contribution is 5.77. The Morgan fingerprint density at radius 1 is 1.57 bits per heavy atom. The highest BCUT2D eigenvalue weighted by Gasteiger charge is 2.21. The minimum atomic E-state index is 0.108. The first-order valence-electron chi connectivity index (χ1n) is 5.01. The van der Waals surface area contributed by atoms with Gasteiger partial charge in [-0.05, 0) is 19.4 Å². The van der Waals surface area contributed by atoms with Crippen LogP contribution in [0, 0.1) is 5.92 Å². The molecule has 0 aromatic heterocycles. The summed E-state index contributed by atoms with van der Waals surface area (Å²) in [7, 11) is 3.51. The average Bonchev–Trinajstić information content (AvgIpc) is 2.18. The molecule has 1 atom stereocenters. The van der Waals surface area contributed by atoms with Gasteiger partial charge in [-0.3, -0.25) is 9.69 Å². The third-order valence-corrected chi connectivity index (χ3v) is 2.59. The number of hydrogen-bond acceptors (Lipinski definition) is 3. The molecule has 1 heterocycles. The van der Waals surface area contributed by atoms with Gasteiger partial charge in [0.2, 0.25) is 5.91 Å². The Kier molecular flexibility index (Phi) is 4.07. The van der Waals surface area contributed by atoms with Gasteiger partial charge in [0.25, 0.3) is 0 Å². The summed E-state index contributed by atoms with van der Waals surface area (Å²) in [5.41, 5.74) is 0. The quantitative estimate of drug-likeness (QED) is 0.599. The minimum Gasteiger partial charge on any atom is -0.348 e. The van der Waals surface area contributed by atoms with Crippen LogP contribution in [0.4, 0.5) is 0 Å². The molecular formula is C10H18N2O2. The molecule has 0 N–H and O–H groups in total. The Balaban J connectivity index is 2.37. The van der Waals surface area contributed by atoms with Crippen LogP contribution in [-0.4, -0.2) is 55.7 Å². The van der Waals surface area contributed by atoms with E-state index in [1.807, 2.05) is 0 Å². The average molecular weight is 198 g/mol. The molecule has 0 aromatic rings. The maximum atomic E-state index is 11.4. The lowest BCUT2D eigenvalue weighted by atomic mass is 10.00. The fourth-order valence-corrected chi connectivity index (χ4v) is 1.68. The van der Waals surface area contributed by atoms with Crippen LogP contribution in [-0.2, 0) is 9.59 Å². The largest absolute Gasteiger partial charge is 0.348 e. The van der Waals surface area contributed by atoms with Crippen molar-refractivity contribution in [3.8, 4) is 0 Å². The lowest BCUT2D eigenvalue weighted by Crippen LogP contribution is -2.42. The van der Waals surface area contributed by atoms with Crippen molar-refractivity contribution in [3.05, 3.63) is 0 Å². The number of piperidine rings is 1. The first-order chi connectivity index (χ1) is 6.63. The van der Waals surface area contributed by atoms with Gasteiger partial charge < -0.3 is 9.69 Å². The highest BCUT2D eigenvalue weighted by Crippen LogP contribution is 2.13. The molecule has 0 bridgehead atoms. The zero-order valence-electron chi connectivity index (χ0n) is 8.90. The van der Waals surface area contributed by atoms with E-state index in [9.17, 15) is 9.59 Å². The van der Waals surface area contributed by atoms with Crippen molar-refractivity contribution < 1.29 is 9.59 Å². The molecule has 1 aliphatic rings. The lowest BCUT2D eigenvalue weighted by molar-refractivity contribution is -0.130. The van der Waals surface area contributed by atoms with Gasteiger partial charge in [-0.15, -0.1) is 0 Å². The molecule has 0 saturated carbocycles. The molecule has 1 amide bonds. The van der Waals surface area contributed by atoms with E-state index in [-0.39, 0.29) is 11.8 Å². The molecule has 1 saturated heterocycles. The number of likely N-dealkylation sites (tertiary alicyclic amines) is 1. The van der Waals surface area contributed by atoms with Crippen molar-refractivity contribution in [2.75, 3.05) is 33.7 Å². The summed E-state index contributed by atoms with van der Waals surface area (Å²) in [4.78, 5) is 25.7. The van der Waals surface area contributed by atoms with Crippen molar-refractivity contribution in [2.45, 2.75) is 12.8 Å². The van der Waals surface area contributed by atoms with Crippen LogP contribution in [0.1, 0.15) is 12.8 Å². The Bertz CT molecular complexity index is 216. The number of nitrogens with zero attached hydrogens (tertiary/aromatic N) is 2. The van der Waals surface area contributed by atoms with E-state index in [0.717, 1.165) is 32.2 Å². The van der Waals surface area contributed by atoms with Crippen molar-refractivity contribution in [2.24, 2.45) is 5.92 Å². The first-order valence-corrected chi connectivity index (χ1v) is 5.01. The minimum absolute atomic E-state index is 0.108. The second kappa shape index (κ2) is 5.10. The summed E-state index contributed by atoms with van der Waals surface area (Å²) in [5.74, 6) is 0.232. The van der Waals surface area contributed by atoms with E-state index in [1.165, 1.54) is 0 Å². The van der Waals surface area contributed by atoms with Gasteiger partial charge in [-0.1, -0.05) is 0 Å². The fraction of sp³-hybridized carbons (Fsp3) is 0.800. The maximum Gasteiger partial charge on any atom is 0.236 e. The Morgan fingerprint density at radius 2 is 2.29 bits per heavy atom. The number of carbonyl (C=O) groups excluding carboxylic acids is 2. The van der Waals surface area contributed by atoms with Crippen LogP contribution in [0.15, 0.2) is 0 Å². The standard InChI is InChI=1S/C10H18N2O2/c1-11(2)10(14)7-12-5-3-4-9(6-12)8-13/h8-9H,3-7H2,1-2H3. The molecule has 0 spiro atoms. The van der Waals surface area contributed by atoms with Crippen LogP contribution in [0.3, 0.4) is 0 Å². The third kappa shape index (κ3) is 3.10. The van der Waals surface area contributed by atoms with Crippen molar-refractivity contribution in [1.29, 1.82) is 0 Å². The van der Waals surface area contributed by atoms with Crippen LogP contribution in [0.2, 0.25) is 0 Å². The Labute approximate surface area is 84.9 Å². The first kappa shape index (κ1) is 11.2. The van der Waals surface area contributed by atoms with E-state index in [4.69, 9.17) is 0 Å². The molecule has 1 aliphatic heterocycles. The van der Waals surface area contributed by atoms with Crippen LogP contribution in [0.5, 0.6) is 0 Å². The molecule has 80 valence electrons. The smallest absolute Gasteiger partial charge is 0.236 e. The monoisotopic (exact) mass is 198 g/mol. The zero-order chi connectivity index (χ0) is 10.6. The zero-order valence-corrected chi connectivity index (χ0v) is 8.90. The SMILES string of the molecule is CN(C)C(=O)CN1CCCC(C=O)C1. The van der Waals surface area contributed by atoms with Gasteiger partial charge >= 0.3 is 0 Å². The van der Waals surface area contributed by atoms with Crippen LogP contribution in [0.25, 0.3) is 0 Å². The van der Waals surface area contributed by atoms with E-state index in [0.29, 0.717) is 6.54 Å². The Hall–Kier alpha value is -0.900. The van der Waals surface area contributed by atoms with Gasteiger partial charge in [0.05, 0.1) is 6.54 Å². The normalized spacial score (nSPS) is 23.1. The van der Waals surface area contributed by atoms with Gasteiger partial charge in [0.15, 0.2) is 0 Å². The topological polar surface area (TPSA) is 40.6 Å². The molecule has 0 aliphatic carbocycles. The molecule has 4 heteroatoms. The second-order valence-corrected chi connectivity index (χ2v) is 4.06. The summed E-state index contributed by atoms with van der Waals surface area (Å²) in [6.45, 7) is 2.12. The predicted octanol–water partition coefficient (Wildman–Crippen LogP) is -0.0145. The van der Waals surface area contributed by atoms with E-state index in [2.05, 4.69) is 4.90 Å². The van der Waals surface area contributed by atoms with E-state index >= 15 is 0 Å². The molecule has 1 rings (SSSR count). The summed E-state index contributed by atoms with van der Waals surface area (Å²) < 4.78 is 0. The molecule has 1 unspecified atom stereocenters. The number of hydrogen-bond donors (Lipinski definition) is 0. The Morgan fingerprint density at radius 3 is 2.86 bits per heavy atom. The lowest BCUT2D eigenvalue weighted by Gasteiger charge is -2.30. The van der Waals surface area contributed by atoms with Gasteiger partial charge in [0.1, 0.15) is 6.29 Å². The fourth-order valence-electron chi connectivity index (χ4n) is 1.68. The van der Waals surface area contributed by atoms with Crippen LogP contribution >= 0.6 is 0 Å². The molecule has 0 radical (unpaired) electrons. The molecule has 14 heavy (non-hydrogen) atoms. The number of likely N-dealkylation sites (N-methyl/N-ethyl adjacent to an activating group) is 1. The van der Waals surface area contributed by atoms with Crippen LogP contribution < -0.4 is 0 Å². The van der Waals surface area contributed by atoms with Crippen molar-refractivity contribution in [3.63, 3.8) is 0 Å². The molecule has 4 nitrogen and oxygen atoms in total. The second-order valence-electron chi connectivity index (χ2n) is 4.06. The molecule has 0 aromatic carbocycles. The summed E-state index contributed by atoms with van der Waals surface area (Å²) in [6.07, 6.45) is 2.99. The summed E-state index contributed by atoms with van der Waals surface area (Å²) in [5, 5.41) is 0. The summed E-state index contributed by atoms with van der Waals surface area (Å²) >= 11 is 0. The van der Waals surface area contributed by atoms with Gasteiger partial charge in [0, 0.05) is 26.6 Å². The predicted molar refractivity (Wildman–Crippen MR) is 53.9 cm³/mol. The maximum absolute atomic E-state index is 11.4. The number of carbonyl (C=O) groups is 2. The van der Waals surface area contributed by atoms with Crippen molar-refractivity contribution >= 4 is 12.2 Å². The molecular weight excluding hydrogens is 180 g/mol. The summed E-state index contributed by atoms with van der Waals surface area (Å²) in [6, 6.07) is 0. The van der Waals surface area contributed by atoms with Gasteiger partial charge in [-0.2, -0.15) is 0 Å². The number of aldehydes is 1. The number of amides is 1.